The summed E-state index contributed by atoms with van der Waals surface area (Å²) in [7, 11) is 0. The van der Waals surface area contributed by atoms with Crippen molar-refractivity contribution in [1.82, 2.24) is 20.9 Å². The topological polar surface area (TPSA) is 85.8 Å². The van der Waals surface area contributed by atoms with Gasteiger partial charge in [0.15, 0.2) is 5.96 Å². The Hall–Kier alpha value is -1.06. The van der Waals surface area contributed by atoms with Gasteiger partial charge in [-0.2, -0.15) is 0 Å². The molecule has 2 rings (SSSR count). The van der Waals surface area contributed by atoms with E-state index in [0.717, 1.165) is 51.3 Å². The standard InChI is InChI=1S/C21H39N5O2.HI/c1-2-22-21(24-12-8-16-26-15-7-3-4-11-20(26)28)25-14-13-23-19(27)17-18-9-5-6-10-18;/h18H,2-17H2,1H3,(H,23,27)(H2,22,24,25);1H. The van der Waals surface area contributed by atoms with E-state index in [0.29, 0.717) is 44.3 Å². The van der Waals surface area contributed by atoms with Crippen LogP contribution >= 0.6 is 24.0 Å². The number of aliphatic imine (C=N–C) groups is 1. The predicted molar refractivity (Wildman–Crippen MR) is 129 cm³/mol. The van der Waals surface area contributed by atoms with Crippen LogP contribution in [-0.4, -0.2) is 61.9 Å². The van der Waals surface area contributed by atoms with Crippen LogP contribution in [0.2, 0.25) is 0 Å². The van der Waals surface area contributed by atoms with E-state index in [1.807, 2.05) is 11.8 Å². The molecule has 1 heterocycles. The third-order valence-electron chi connectivity index (χ3n) is 5.56. The fraction of sp³-hybridized carbons (Fsp3) is 0.857. The molecule has 0 atom stereocenters. The number of hydrogen-bond donors (Lipinski definition) is 3. The highest BCUT2D eigenvalue weighted by Crippen LogP contribution is 2.27. The molecule has 0 aromatic carbocycles. The summed E-state index contributed by atoms with van der Waals surface area (Å²) in [4.78, 5) is 30.6. The van der Waals surface area contributed by atoms with Crippen LogP contribution in [0.4, 0.5) is 0 Å². The highest BCUT2D eigenvalue weighted by atomic mass is 127. The molecule has 1 saturated carbocycles. The zero-order valence-electron chi connectivity index (χ0n) is 18.0. The van der Waals surface area contributed by atoms with Crippen molar-refractivity contribution in [3.8, 4) is 0 Å². The third-order valence-corrected chi connectivity index (χ3v) is 5.56. The number of hydrogen-bond acceptors (Lipinski definition) is 3. The summed E-state index contributed by atoms with van der Waals surface area (Å²) in [5.41, 5.74) is 0. The largest absolute Gasteiger partial charge is 0.357 e. The van der Waals surface area contributed by atoms with Crippen molar-refractivity contribution in [2.45, 2.75) is 71.1 Å². The predicted octanol–water partition coefficient (Wildman–Crippen LogP) is 2.65. The molecule has 0 bridgehead atoms. The monoisotopic (exact) mass is 521 g/mol. The first kappa shape index (κ1) is 26.0. The number of rotatable bonds is 10. The third kappa shape index (κ3) is 11.1. The fourth-order valence-electron chi connectivity index (χ4n) is 4.00. The molecule has 7 nitrogen and oxygen atoms in total. The summed E-state index contributed by atoms with van der Waals surface area (Å²) in [5.74, 6) is 1.82. The van der Waals surface area contributed by atoms with Crippen LogP contribution in [0.3, 0.4) is 0 Å². The van der Waals surface area contributed by atoms with Gasteiger partial charge in [-0.15, -0.1) is 24.0 Å². The maximum absolute atomic E-state index is 12.0. The van der Waals surface area contributed by atoms with Crippen molar-refractivity contribution in [2.24, 2.45) is 10.9 Å². The minimum atomic E-state index is 0. The van der Waals surface area contributed by atoms with Gasteiger partial charge >= 0.3 is 0 Å². The van der Waals surface area contributed by atoms with E-state index in [2.05, 4.69) is 20.9 Å². The Morgan fingerprint density at radius 3 is 2.59 bits per heavy atom. The molecule has 2 amide bonds. The highest BCUT2D eigenvalue weighted by molar-refractivity contribution is 14.0. The number of likely N-dealkylation sites (tertiary alicyclic amines) is 1. The van der Waals surface area contributed by atoms with Crippen molar-refractivity contribution < 1.29 is 9.59 Å². The first-order chi connectivity index (χ1) is 13.7. The molecule has 2 aliphatic rings. The maximum atomic E-state index is 12.0. The van der Waals surface area contributed by atoms with Crippen molar-refractivity contribution >= 4 is 41.8 Å². The quantitative estimate of drug-likeness (QED) is 0.179. The zero-order chi connectivity index (χ0) is 20.0. The minimum absolute atomic E-state index is 0. The van der Waals surface area contributed by atoms with E-state index in [-0.39, 0.29) is 29.9 Å². The van der Waals surface area contributed by atoms with Crippen LogP contribution in [0.1, 0.15) is 71.1 Å². The molecule has 1 aliphatic carbocycles. The molecule has 29 heavy (non-hydrogen) atoms. The van der Waals surface area contributed by atoms with Crippen LogP contribution in [0.25, 0.3) is 0 Å². The van der Waals surface area contributed by atoms with Crippen LogP contribution in [0, 0.1) is 5.92 Å². The molecule has 1 saturated heterocycles. The second-order valence-corrected chi connectivity index (χ2v) is 7.94. The van der Waals surface area contributed by atoms with Crippen molar-refractivity contribution in [2.75, 3.05) is 39.3 Å². The van der Waals surface area contributed by atoms with Crippen molar-refractivity contribution in [1.29, 1.82) is 0 Å². The van der Waals surface area contributed by atoms with Crippen LogP contribution < -0.4 is 16.0 Å². The Balaban J connectivity index is 0.00000420. The molecule has 0 aromatic heterocycles. The van der Waals surface area contributed by atoms with Gasteiger partial charge in [0.05, 0.1) is 0 Å². The Morgan fingerprint density at radius 1 is 1.07 bits per heavy atom. The number of guanidine groups is 1. The fourth-order valence-corrected chi connectivity index (χ4v) is 4.00. The van der Waals surface area contributed by atoms with Gasteiger partial charge in [-0.3, -0.25) is 14.6 Å². The molecule has 2 fully saturated rings. The summed E-state index contributed by atoms with van der Waals surface area (Å²) in [6.07, 6.45) is 10.5. The second-order valence-electron chi connectivity index (χ2n) is 7.94. The van der Waals surface area contributed by atoms with Gasteiger partial charge in [0.2, 0.25) is 11.8 Å². The van der Waals surface area contributed by atoms with Crippen LogP contribution in [-0.2, 0) is 9.59 Å². The summed E-state index contributed by atoms with van der Waals surface area (Å²) in [5, 5.41) is 9.50. The van der Waals surface area contributed by atoms with Gasteiger partial charge in [0.1, 0.15) is 0 Å². The highest BCUT2D eigenvalue weighted by Gasteiger charge is 2.18. The molecule has 0 spiro atoms. The number of amides is 2. The van der Waals surface area contributed by atoms with E-state index in [1.54, 1.807) is 0 Å². The normalized spacial score (nSPS) is 18.2. The molecule has 168 valence electrons. The molecule has 3 N–H and O–H groups in total. The smallest absolute Gasteiger partial charge is 0.222 e. The lowest BCUT2D eigenvalue weighted by atomic mass is 10.0. The average Bonchev–Trinajstić information content (AvgIpc) is 3.10. The summed E-state index contributed by atoms with van der Waals surface area (Å²) < 4.78 is 0. The minimum Gasteiger partial charge on any atom is -0.357 e. The first-order valence-electron chi connectivity index (χ1n) is 11.3. The van der Waals surface area contributed by atoms with E-state index in [9.17, 15) is 9.59 Å². The molecule has 8 heteroatoms. The van der Waals surface area contributed by atoms with Gasteiger partial charge in [-0.05, 0) is 44.9 Å². The first-order valence-corrected chi connectivity index (χ1v) is 11.3. The van der Waals surface area contributed by atoms with Crippen LogP contribution in [0.5, 0.6) is 0 Å². The average molecular weight is 521 g/mol. The molecular weight excluding hydrogens is 481 g/mol. The van der Waals surface area contributed by atoms with Gasteiger partial charge in [0.25, 0.3) is 0 Å². The lowest BCUT2D eigenvalue weighted by molar-refractivity contribution is -0.130. The molecular formula is C21H40IN5O2. The van der Waals surface area contributed by atoms with E-state index in [1.165, 1.54) is 25.7 Å². The number of nitrogens with one attached hydrogen (secondary N) is 3. The summed E-state index contributed by atoms with van der Waals surface area (Å²) in [6, 6.07) is 0. The molecule has 0 radical (unpaired) electrons. The van der Waals surface area contributed by atoms with E-state index >= 15 is 0 Å². The SMILES string of the molecule is CCNC(=NCCCN1CCCCCC1=O)NCCNC(=O)CC1CCCC1.I. The second kappa shape index (κ2) is 15.7. The molecule has 0 unspecified atom stereocenters. The Kier molecular flexibility index (Phi) is 14.1. The number of halogens is 1. The summed E-state index contributed by atoms with van der Waals surface area (Å²) >= 11 is 0. The zero-order valence-corrected chi connectivity index (χ0v) is 20.3. The number of carbonyl (C=O) groups excluding carboxylic acids is 2. The Bertz CT molecular complexity index is 509. The van der Waals surface area contributed by atoms with Crippen molar-refractivity contribution in [3.63, 3.8) is 0 Å². The van der Waals surface area contributed by atoms with Gasteiger partial charge in [-0.1, -0.05) is 19.3 Å². The van der Waals surface area contributed by atoms with Crippen molar-refractivity contribution in [3.05, 3.63) is 0 Å². The number of nitrogens with zero attached hydrogens (tertiary/aromatic N) is 2. The van der Waals surface area contributed by atoms with Gasteiger partial charge in [0, 0.05) is 52.1 Å². The van der Waals surface area contributed by atoms with Crippen LogP contribution in [0.15, 0.2) is 4.99 Å². The number of carbonyl (C=O) groups is 2. The maximum Gasteiger partial charge on any atom is 0.222 e. The molecule has 0 aromatic rings. The van der Waals surface area contributed by atoms with E-state index in [4.69, 9.17) is 0 Å². The van der Waals surface area contributed by atoms with Gasteiger partial charge in [-0.25, -0.2) is 0 Å². The lowest BCUT2D eigenvalue weighted by Crippen LogP contribution is -2.41. The molecule has 1 aliphatic heterocycles. The Morgan fingerprint density at radius 2 is 1.83 bits per heavy atom. The summed E-state index contributed by atoms with van der Waals surface area (Å²) in [6.45, 7) is 6.47. The van der Waals surface area contributed by atoms with Gasteiger partial charge < -0.3 is 20.9 Å². The van der Waals surface area contributed by atoms with E-state index < -0.39 is 0 Å². The lowest BCUT2D eigenvalue weighted by Gasteiger charge is -2.20. The Labute approximate surface area is 193 Å².